The summed E-state index contributed by atoms with van der Waals surface area (Å²) in [7, 11) is -4.19. The standard InChI is InChI=1S/C22H13Cl2NO5S/c23-16-11-15(12-18-20(25-29-22(18)26)14-7-3-1-4-8-14)21(19(24)13-16)30-31(27,28)17-9-5-2-6-10-17/h1-13H/b18-12-. The molecular formula is C22H13Cl2NO5S. The molecule has 9 heteroatoms. The molecule has 0 saturated heterocycles. The number of carbonyl (C=O) groups is 1. The van der Waals surface area contributed by atoms with Gasteiger partial charge in [0.1, 0.15) is 10.6 Å². The Balaban J connectivity index is 1.81. The summed E-state index contributed by atoms with van der Waals surface area (Å²) in [6.07, 6.45) is 1.38. The largest absolute Gasteiger partial charge is 0.377 e. The van der Waals surface area contributed by atoms with E-state index in [1.165, 1.54) is 30.3 Å². The Kier molecular flexibility index (Phi) is 5.82. The van der Waals surface area contributed by atoms with Gasteiger partial charge in [0, 0.05) is 16.1 Å². The zero-order valence-corrected chi connectivity index (χ0v) is 18.0. The van der Waals surface area contributed by atoms with Gasteiger partial charge in [-0.1, -0.05) is 76.9 Å². The van der Waals surface area contributed by atoms with E-state index in [2.05, 4.69) is 5.16 Å². The summed E-state index contributed by atoms with van der Waals surface area (Å²) in [5.41, 5.74) is 1.21. The van der Waals surface area contributed by atoms with Crippen LogP contribution in [0.5, 0.6) is 5.75 Å². The van der Waals surface area contributed by atoms with Gasteiger partial charge in [-0.3, -0.25) is 0 Å². The molecule has 3 aromatic rings. The third-order valence-corrected chi connectivity index (χ3v) is 6.04. The molecule has 0 N–H and O–H groups in total. The molecule has 3 aromatic carbocycles. The molecule has 31 heavy (non-hydrogen) atoms. The van der Waals surface area contributed by atoms with Crippen LogP contribution < -0.4 is 4.18 Å². The fraction of sp³-hybridized carbons (Fsp3) is 0. The van der Waals surface area contributed by atoms with Crippen molar-refractivity contribution < 1.29 is 22.2 Å². The monoisotopic (exact) mass is 473 g/mol. The minimum absolute atomic E-state index is 0.0385. The number of hydrogen-bond donors (Lipinski definition) is 0. The highest BCUT2D eigenvalue weighted by Gasteiger charge is 2.28. The third kappa shape index (κ3) is 4.49. The number of hydrogen-bond acceptors (Lipinski definition) is 6. The molecule has 0 saturated carbocycles. The molecule has 4 rings (SSSR count). The van der Waals surface area contributed by atoms with Gasteiger partial charge in [-0.15, -0.1) is 0 Å². The van der Waals surface area contributed by atoms with Gasteiger partial charge in [-0.05, 0) is 30.3 Å². The van der Waals surface area contributed by atoms with Crippen molar-refractivity contribution in [3.8, 4) is 5.75 Å². The first-order chi connectivity index (χ1) is 14.8. The second kappa shape index (κ2) is 8.55. The Morgan fingerprint density at radius 2 is 1.58 bits per heavy atom. The number of carbonyl (C=O) groups excluding carboxylic acids is 1. The molecule has 0 atom stereocenters. The maximum absolute atomic E-state index is 12.7. The summed E-state index contributed by atoms with van der Waals surface area (Å²) < 4.78 is 30.8. The van der Waals surface area contributed by atoms with Crippen molar-refractivity contribution in [2.75, 3.05) is 0 Å². The Morgan fingerprint density at radius 3 is 2.26 bits per heavy atom. The summed E-state index contributed by atoms with van der Waals surface area (Å²) in [6.45, 7) is 0. The van der Waals surface area contributed by atoms with Gasteiger partial charge in [-0.2, -0.15) is 8.42 Å². The number of rotatable bonds is 5. The summed E-state index contributed by atoms with van der Waals surface area (Å²) in [6, 6.07) is 19.3. The van der Waals surface area contributed by atoms with Crippen molar-refractivity contribution in [1.82, 2.24) is 0 Å². The molecule has 0 aromatic heterocycles. The molecule has 0 amide bonds. The Bertz CT molecular complexity index is 1320. The molecule has 0 radical (unpaired) electrons. The highest BCUT2D eigenvalue weighted by atomic mass is 35.5. The molecule has 0 spiro atoms. The molecule has 0 fully saturated rings. The Morgan fingerprint density at radius 1 is 0.935 bits per heavy atom. The smallest absolute Gasteiger partial charge is 0.368 e. The van der Waals surface area contributed by atoms with E-state index in [9.17, 15) is 13.2 Å². The van der Waals surface area contributed by atoms with Crippen molar-refractivity contribution in [3.05, 3.63) is 99.5 Å². The number of benzene rings is 3. The van der Waals surface area contributed by atoms with Crippen LogP contribution in [0.25, 0.3) is 6.08 Å². The molecule has 156 valence electrons. The van der Waals surface area contributed by atoms with Crippen molar-refractivity contribution in [1.29, 1.82) is 0 Å². The number of halogens is 2. The predicted octanol–water partition coefficient (Wildman–Crippen LogP) is 5.11. The van der Waals surface area contributed by atoms with Crippen LogP contribution in [0.1, 0.15) is 11.1 Å². The lowest BCUT2D eigenvalue weighted by atomic mass is 10.0. The molecule has 6 nitrogen and oxygen atoms in total. The van der Waals surface area contributed by atoms with Crippen molar-refractivity contribution >= 4 is 51.1 Å². The molecule has 1 aliphatic heterocycles. The third-order valence-electron chi connectivity index (χ3n) is 4.30. The lowest BCUT2D eigenvalue weighted by Gasteiger charge is -2.12. The van der Waals surface area contributed by atoms with Crippen molar-refractivity contribution in [2.24, 2.45) is 5.16 Å². The Hall–Kier alpha value is -3.13. The molecule has 1 aliphatic rings. The summed E-state index contributed by atoms with van der Waals surface area (Å²) >= 11 is 12.4. The van der Waals surface area contributed by atoms with Crippen LogP contribution in [0.3, 0.4) is 0 Å². The summed E-state index contributed by atoms with van der Waals surface area (Å²) in [4.78, 5) is 17.1. The van der Waals surface area contributed by atoms with Gasteiger partial charge in [-0.25, -0.2) is 4.79 Å². The van der Waals surface area contributed by atoms with E-state index in [0.717, 1.165) is 0 Å². The van der Waals surface area contributed by atoms with E-state index in [-0.39, 0.29) is 31.8 Å². The SMILES string of the molecule is O=C1ON=C(c2ccccc2)/C1=C/c1cc(Cl)cc(Cl)c1OS(=O)(=O)c1ccccc1. The highest BCUT2D eigenvalue weighted by Crippen LogP contribution is 2.36. The van der Waals surface area contributed by atoms with E-state index in [1.54, 1.807) is 42.5 Å². The average molecular weight is 474 g/mol. The van der Waals surface area contributed by atoms with Crippen molar-refractivity contribution in [3.63, 3.8) is 0 Å². The zero-order valence-electron chi connectivity index (χ0n) is 15.7. The van der Waals surface area contributed by atoms with Gasteiger partial charge in [0.15, 0.2) is 5.75 Å². The summed E-state index contributed by atoms with van der Waals surface area (Å²) in [5.74, 6) is -0.874. The molecule has 1 heterocycles. The van der Waals surface area contributed by atoms with Crippen LogP contribution >= 0.6 is 23.2 Å². The maximum atomic E-state index is 12.7. The van der Waals surface area contributed by atoms with Gasteiger partial charge < -0.3 is 9.02 Å². The van der Waals surface area contributed by atoms with Gasteiger partial charge >= 0.3 is 16.1 Å². The van der Waals surface area contributed by atoms with Crippen LogP contribution in [0, 0.1) is 0 Å². The minimum atomic E-state index is -4.19. The second-order valence-electron chi connectivity index (χ2n) is 6.40. The molecule has 0 unspecified atom stereocenters. The first-order valence-electron chi connectivity index (χ1n) is 8.90. The van der Waals surface area contributed by atoms with Crippen LogP contribution in [-0.4, -0.2) is 20.1 Å². The zero-order chi connectivity index (χ0) is 22.0. The molecular weight excluding hydrogens is 461 g/mol. The van der Waals surface area contributed by atoms with E-state index in [1.807, 2.05) is 6.07 Å². The van der Waals surface area contributed by atoms with Crippen molar-refractivity contribution in [2.45, 2.75) is 4.90 Å². The van der Waals surface area contributed by atoms with E-state index >= 15 is 0 Å². The average Bonchev–Trinajstić information content (AvgIpc) is 3.12. The molecule has 0 bridgehead atoms. The van der Waals surface area contributed by atoms with E-state index < -0.39 is 16.1 Å². The van der Waals surface area contributed by atoms with Crippen LogP contribution in [-0.2, 0) is 19.8 Å². The van der Waals surface area contributed by atoms with Gasteiger partial charge in [0.05, 0.1) is 10.6 Å². The molecule has 0 aliphatic carbocycles. The van der Waals surface area contributed by atoms with Crippen LogP contribution in [0.2, 0.25) is 10.0 Å². The minimum Gasteiger partial charge on any atom is -0.377 e. The van der Waals surface area contributed by atoms with Crippen LogP contribution in [0.15, 0.2) is 88.4 Å². The van der Waals surface area contributed by atoms with Crippen LogP contribution in [0.4, 0.5) is 0 Å². The first kappa shape index (κ1) is 21.1. The second-order valence-corrected chi connectivity index (χ2v) is 8.79. The normalized spacial score (nSPS) is 15.0. The summed E-state index contributed by atoms with van der Waals surface area (Å²) in [5, 5.41) is 4.02. The lowest BCUT2D eigenvalue weighted by molar-refractivity contribution is -0.136. The van der Waals surface area contributed by atoms with E-state index in [4.69, 9.17) is 32.2 Å². The lowest BCUT2D eigenvalue weighted by Crippen LogP contribution is -2.11. The highest BCUT2D eigenvalue weighted by molar-refractivity contribution is 7.87. The Labute approximate surface area is 188 Å². The quantitative estimate of drug-likeness (QED) is 0.292. The van der Waals surface area contributed by atoms with E-state index in [0.29, 0.717) is 11.3 Å². The number of nitrogens with zero attached hydrogens (tertiary/aromatic N) is 1. The van der Waals surface area contributed by atoms with Gasteiger partial charge in [0.25, 0.3) is 0 Å². The fourth-order valence-corrected chi connectivity index (χ4v) is 4.48. The van der Waals surface area contributed by atoms with Gasteiger partial charge in [0.2, 0.25) is 0 Å². The predicted molar refractivity (Wildman–Crippen MR) is 118 cm³/mol. The topological polar surface area (TPSA) is 82.0 Å². The maximum Gasteiger partial charge on any atom is 0.368 e. The fourth-order valence-electron chi connectivity index (χ4n) is 2.89. The first-order valence-corrected chi connectivity index (χ1v) is 11.1. The number of oxime groups is 1.